The van der Waals surface area contributed by atoms with Gasteiger partial charge < -0.3 is 5.32 Å². The lowest BCUT2D eigenvalue weighted by Gasteiger charge is -2.41. The van der Waals surface area contributed by atoms with Crippen LogP contribution in [-0.4, -0.2) is 15.5 Å². The molecule has 4 heteroatoms. The van der Waals surface area contributed by atoms with Crippen molar-refractivity contribution < 1.29 is 0 Å². The maximum atomic E-state index is 4.26. The molecule has 0 spiro atoms. The van der Waals surface area contributed by atoms with Crippen molar-refractivity contribution in [3.8, 4) is 0 Å². The van der Waals surface area contributed by atoms with Crippen molar-refractivity contribution in [2.45, 2.75) is 38.1 Å². The first-order valence-corrected chi connectivity index (χ1v) is 6.08. The second-order valence-corrected chi connectivity index (χ2v) is 5.08. The monoisotopic (exact) mass is 303 g/mol. The van der Waals surface area contributed by atoms with Crippen molar-refractivity contribution in [2.75, 3.05) is 5.32 Å². The van der Waals surface area contributed by atoms with E-state index < -0.39 is 0 Å². The Morgan fingerprint density at radius 2 is 2.07 bits per heavy atom. The van der Waals surface area contributed by atoms with E-state index in [-0.39, 0.29) is 5.54 Å². The molecule has 1 aromatic heterocycles. The molecule has 1 saturated carbocycles. The van der Waals surface area contributed by atoms with Crippen molar-refractivity contribution in [2.24, 2.45) is 0 Å². The predicted molar refractivity (Wildman–Crippen MR) is 65.2 cm³/mol. The van der Waals surface area contributed by atoms with Crippen molar-refractivity contribution in [1.29, 1.82) is 0 Å². The molecule has 0 unspecified atom stereocenters. The number of nitrogens with one attached hydrogen (secondary N) is 1. The summed E-state index contributed by atoms with van der Waals surface area (Å²) in [5, 5.41) is 3.44. The van der Waals surface area contributed by atoms with E-state index in [2.05, 4.69) is 44.8 Å². The zero-order valence-corrected chi connectivity index (χ0v) is 10.4. The Morgan fingerprint density at radius 3 is 2.50 bits per heavy atom. The van der Waals surface area contributed by atoms with E-state index in [1.807, 2.05) is 12.4 Å². The Labute approximate surface area is 97.9 Å². The number of anilines is 1. The molecular formula is C10H14IN3. The number of nitrogens with zero attached hydrogens (tertiary/aromatic N) is 2. The van der Waals surface area contributed by atoms with Crippen LogP contribution in [0.4, 0.5) is 5.95 Å². The predicted octanol–water partition coefficient (Wildman–Crippen LogP) is 2.83. The minimum atomic E-state index is 0.285. The van der Waals surface area contributed by atoms with Crippen LogP contribution in [0.1, 0.15) is 32.6 Å². The lowest BCUT2D eigenvalue weighted by atomic mass is 9.75. The molecule has 0 atom stereocenters. The van der Waals surface area contributed by atoms with E-state index in [0.29, 0.717) is 0 Å². The van der Waals surface area contributed by atoms with E-state index in [9.17, 15) is 0 Å². The Morgan fingerprint density at radius 1 is 1.43 bits per heavy atom. The number of hydrogen-bond donors (Lipinski definition) is 1. The molecule has 1 heterocycles. The van der Waals surface area contributed by atoms with Gasteiger partial charge in [0, 0.05) is 21.5 Å². The first-order valence-electron chi connectivity index (χ1n) is 5.00. The minimum Gasteiger partial charge on any atom is -0.349 e. The van der Waals surface area contributed by atoms with Gasteiger partial charge >= 0.3 is 0 Å². The first-order chi connectivity index (χ1) is 6.74. The minimum absolute atomic E-state index is 0.285. The van der Waals surface area contributed by atoms with E-state index in [1.165, 1.54) is 19.3 Å². The van der Waals surface area contributed by atoms with Gasteiger partial charge in [-0.1, -0.05) is 6.92 Å². The number of aromatic nitrogens is 2. The van der Waals surface area contributed by atoms with Crippen LogP contribution in [0.15, 0.2) is 12.4 Å². The molecule has 0 radical (unpaired) electrons. The molecule has 0 saturated heterocycles. The van der Waals surface area contributed by atoms with Crippen LogP contribution in [0.3, 0.4) is 0 Å². The van der Waals surface area contributed by atoms with Gasteiger partial charge in [-0.2, -0.15) is 0 Å². The van der Waals surface area contributed by atoms with Gasteiger partial charge in [-0.3, -0.25) is 0 Å². The van der Waals surface area contributed by atoms with Gasteiger partial charge in [-0.05, 0) is 48.3 Å². The van der Waals surface area contributed by atoms with Crippen LogP contribution in [-0.2, 0) is 0 Å². The van der Waals surface area contributed by atoms with Crippen LogP contribution < -0.4 is 5.32 Å². The molecule has 1 N–H and O–H groups in total. The maximum Gasteiger partial charge on any atom is 0.223 e. The van der Waals surface area contributed by atoms with Crippen LogP contribution in [0.5, 0.6) is 0 Å². The fraction of sp³-hybridized carbons (Fsp3) is 0.600. The average molecular weight is 303 g/mol. The smallest absolute Gasteiger partial charge is 0.223 e. The zero-order chi connectivity index (χ0) is 10.0. The van der Waals surface area contributed by atoms with Crippen LogP contribution in [0.25, 0.3) is 0 Å². The fourth-order valence-electron chi connectivity index (χ4n) is 1.78. The highest BCUT2D eigenvalue weighted by Gasteiger charge is 2.35. The van der Waals surface area contributed by atoms with Gasteiger partial charge in [-0.25, -0.2) is 9.97 Å². The third-order valence-corrected chi connectivity index (χ3v) is 3.54. The van der Waals surface area contributed by atoms with E-state index >= 15 is 0 Å². The molecular weight excluding hydrogens is 289 g/mol. The van der Waals surface area contributed by atoms with E-state index in [1.54, 1.807) is 0 Å². The summed E-state index contributed by atoms with van der Waals surface area (Å²) in [6.07, 6.45) is 8.67. The van der Waals surface area contributed by atoms with Crippen LogP contribution in [0, 0.1) is 3.57 Å². The summed E-state index contributed by atoms with van der Waals surface area (Å²) >= 11 is 2.21. The maximum absolute atomic E-state index is 4.26. The highest BCUT2D eigenvalue weighted by Crippen LogP contribution is 2.37. The Kier molecular flexibility index (Phi) is 2.90. The lowest BCUT2D eigenvalue weighted by molar-refractivity contribution is 0.268. The largest absolute Gasteiger partial charge is 0.349 e. The van der Waals surface area contributed by atoms with E-state index in [0.717, 1.165) is 15.9 Å². The summed E-state index contributed by atoms with van der Waals surface area (Å²) < 4.78 is 1.08. The summed E-state index contributed by atoms with van der Waals surface area (Å²) in [7, 11) is 0. The molecule has 1 aliphatic carbocycles. The van der Waals surface area contributed by atoms with Gasteiger partial charge in [0.15, 0.2) is 0 Å². The highest BCUT2D eigenvalue weighted by atomic mass is 127. The molecule has 0 aliphatic heterocycles. The Bertz CT molecular complexity index is 300. The standard InChI is InChI=1S/C10H14IN3/c1-2-10(4-3-5-10)14-9-12-6-8(11)7-13-9/h6-7H,2-5H2,1H3,(H,12,13,14). The van der Waals surface area contributed by atoms with Crippen LogP contribution >= 0.6 is 22.6 Å². The van der Waals surface area contributed by atoms with Crippen molar-refractivity contribution in [1.82, 2.24) is 9.97 Å². The topological polar surface area (TPSA) is 37.8 Å². The first kappa shape index (κ1) is 10.1. The van der Waals surface area contributed by atoms with Gasteiger partial charge in [0.1, 0.15) is 0 Å². The SMILES string of the molecule is CCC1(Nc2ncc(I)cn2)CCC1. The summed E-state index contributed by atoms with van der Waals surface area (Å²) in [4.78, 5) is 8.53. The Hall–Kier alpha value is -0.390. The molecule has 1 aromatic rings. The molecule has 0 bridgehead atoms. The molecule has 1 fully saturated rings. The summed E-state index contributed by atoms with van der Waals surface area (Å²) in [6, 6.07) is 0. The highest BCUT2D eigenvalue weighted by molar-refractivity contribution is 14.1. The third-order valence-electron chi connectivity index (χ3n) is 2.98. The average Bonchev–Trinajstić information content (AvgIpc) is 2.15. The van der Waals surface area contributed by atoms with Crippen LogP contribution in [0.2, 0.25) is 0 Å². The molecule has 3 nitrogen and oxygen atoms in total. The molecule has 0 aromatic carbocycles. The number of rotatable bonds is 3. The molecule has 14 heavy (non-hydrogen) atoms. The van der Waals surface area contributed by atoms with Crippen molar-refractivity contribution >= 4 is 28.5 Å². The molecule has 2 rings (SSSR count). The third kappa shape index (κ3) is 1.99. The number of halogens is 1. The normalized spacial score (nSPS) is 18.7. The quantitative estimate of drug-likeness (QED) is 0.873. The molecule has 0 amide bonds. The molecule has 76 valence electrons. The summed E-state index contributed by atoms with van der Waals surface area (Å²) in [6.45, 7) is 2.22. The van der Waals surface area contributed by atoms with Gasteiger partial charge in [0.2, 0.25) is 5.95 Å². The van der Waals surface area contributed by atoms with Gasteiger partial charge in [0.05, 0.1) is 0 Å². The summed E-state index contributed by atoms with van der Waals surface area (Å²) in [5.74, 6) is 0.770. The lowest BCUT2D eigenvalue weighted by Crippen LogP contribution is -2.44. The second-order valence-electron chi connectivity index (χ2n) is 3.84. The van der Waals surface area contributed by atoms with Gasteiger partial charge in [0.25, 0.3) is 0 Å². The van der Waals surface area contributed by atoms with E-state index in [4.69, 9.17) is 0 Å². The zero-order valence-electron chi connectivity index (χ0n) is 8.26. The van der Waals surface area contributed by atoms with Crippen molar-refractivity contribution in [3.05, 3.63) is 16.0 Å². The fourth-order valence-corrected chi connectivity index (χ4v) is 2.06. The Balaban J connectivity index is 2.06. The van der Waals surface area contributed by atoms with Crippen molar-refractivity contribution in [3.63, 3.8) is 0 Å². The molecule has 1 aliphatic rings. The summed E-state index contributed by atoms with van der Waals surface area (Å²) in [5.41, 5.74) is 0.285. The number of hydrogen-bond acceptors (Lipinski definition) is 3. The second kappa shape index (κ2) is 4.00. The van der Waals surface area contributed by atoms with Gasteiger partial charge in [-0.15, -0.1) is 0 Å².